The molecular formula is C8H9F3N2O2. The molecule has 1 aliphatic rings. The zero-order valence-corrected chi connectivity index (χ0v) is 7.64. The highest BCUT2D eigenvalue weighted by atomic mass is 19.4. The Morgan fingerprint density at radius 3 is 2.40 bits per heavy atom. The molecule has 7 heteroatoms. The fourth-order valence-electron chi connectivity index (χ4n) is 1.12. The Hall–Kier alpha value is -1.29. The van der Waals surface area contributed by atoms with Crippen LogP contribution in [0.4, 0.5) is 13.2 Å². The number of nitrogens with zero attached hydrogens (tertiary/aromatic N) is 1. The lowest BCUT2D eigenvalue weighted by Gasteiger charge is -2.17. The SMILES string of the molecule is N#CC(CNC1(C(=O)O)CC1)C(F)(F)F. The third-order valence-electron chi connectivity index (χ3n) is 2.35. The fourth-order valence-corrected chi connectivity index (χ4v) is 1.12. The van der Waals surface area contributed by atoms with Gasteiger partial charge in [0.25, 0.3) is 0 Å². The first-order valence-corrected chi connectivity index (χ1v) is 4.26. The van der Waals surface area contributed by atoms with Gasteiger partial charge in [-0.15, -0.1) is 0 Å². The molecule has 84 valence electrons. The van der Waals surface area contributed by atoms with Crippen molar-refractivity contribution in [3.05, 3.63) is 0 Å². The number of alkyl halides is 3. The summed E-state index contributed by atoms with van der Waals surface area (Å²) in [4.78, 5) is 10.6. The third kappa shape index (κ3) is 2.59. The molecule has 1 aliphatic carbocycles. The van der Waals surface area contributed by atoms with E-state index >= 15 is 0 Å². The molecule has 4 nitrogen and oxygen atoms in total. The largest absolute Gasteiger partial charge is 0.480 e. The van der Waals surface area contributed by atoms with E-state index in [0.717, 1.165) is 6.07 Å². The quantitative estimate of drug-likeness (QED) is 0.741. The van der Waals surface area contributed by atoms with Gasteiger partial charge in [-0.2, -0.15) is 18.4 Å². The smallest absolute Gasteiger partial charge is 0.405 e. The topological polar surface area (TPSA) is 73.1 Å². The van der Waals surface area contributed by atoms with Crippen LogP contribution in [0.1, 0.15) is 12.8 Å². The van der Waals surface area contributed by atoms with E-state index in [4.69, 9.17) is 10.4 Å². The number of nitriles is 1. The van der Waals surface area contributed by atoms with E-state index in [9.17, 15) is 18.0 Å². The summed E-state index contributed by atoms with van der Waals surface area (Å²) in [5, 5.41) is 19.2. The van der Waals surface area contributed by atoms with Gasteiger partial charge in [0.15, 0.2) is 5.92 Å². The van der Waals surface area contributed by atoms with Crippen LogP contribution in [0.2, 0.25) is 0 Å². The van der Waals surface area contributed by atoms with E-state index in [1.54, 1.807) is 0 Å². The fraction of sp³-hybridized carbons (Fsp3) is 0.750. The number of halogens is 3. The standard InChI is InChI=1S/C8H9F3N2O2/c9-8(10,11)5(3-12)4-13-7(1-2-7)6(14)15/h5,13H,1-2,4H2,(H,14,15). The Kier molecular flexibility index (Phi) is 2.90. The van der Waals surface area contributed by atoms with Gasteiger partial charge in [-0.1, -0.05) is 0 Å². The van der Waals surface area contributed by atoms with E-state index in [1.165, 1.54) is 0 Å². The monoisotopic (exact) mass is 222 g/mol. The highest BCUT2D eigenvalue weighted by Gasteiger charge is 2.51. The van der Waals surface area contributed by atoms with Gasteiger partial charge >= 0.3 is 12.1 Å². The summed E-state index contributed by atoms with van der Waals surface area (Å²) in [5.74, 6) is -3.32. The average molecular weight is 222 g/mol. The lowest BCUT2D eigenvalue weighted by atomic mass is 10.1. The van der Waals surface area contributed by atoms with Crippen LogP contribution in [0.25, 0.3) is 0 Å². The molecule has 0 spiro atoms. The number of carboxylic acids is 1. The molecule has 15 heavy (non-hydrogen) atoms. The summed E-state index contributed by atoms with van der Waals surface area (Å²) in [6.07, 6.45) is -4.01. The van der Waals surface area contributed by atoms with E-state index in [1.807, 2.05) is 0 Å². The summed E-state index contributed by atoms with van der Waals surface area (Å²) in [5.41, 5.74) is -1.24. The number of rotatable bonds is 4. The van der Waals surface area contributed by atoms with Crippen molar-refractivity contribution in [3.8, 4) is 6.07 Å². The molecule has 0 bridgehead atoms. The molecule has 0 heterocycles. The lowest BCUT2D eigenvalue weighted by Crippen LogP contribution is -2.44. The summed E-state index contributed by atoms with van der Waals surface area (Å²) in [6.45, 7) is -0.674. The van der Waals surface area contributed by atoms with Crippen molar-refractivity contribution >= 4 is 5.97 Å². The minimum Gasteiger partial charge on any atom is -0.480 e. The first kappa shape index (κ1) is 11.8. The van der Waals surface area contributed by atoms with Crippen LogP contribution in [0.5, 0.6) is 0 Å². The van der Waals surface area contributed by atoms with Crippen molar-refractivity contribution in [1.82, 2.24) is 5.32 Å². The van der Waals surface area contributed by atoms with Crippen LogP contribution in [0, 0.1) is 17.2 Å². The minimum atomic E-state index is -4.61. The first-order valence-electron chi connectivity index (χ1n) is 4.26. The van der Waals surface area contributed by atoms with Crippen molar-refractivity contribution < 1.29 is 23.1 Å². The van der Waals surface area contributed by atoms with Gasteiger partial charge in [-0.3, -0.25) is 4.79 Å². The first-order chi connectivity index (χ1) is 6.82. The van der Waals surface area contributed by atoms with Gasteiger partial charge in [0, 0.05) is 6.54 Å². The van der Waals surface area contributed by atoms with E-state index in [-0.39, 0.29) is 0 Å². The van der Waals surface area contributed by atoms with Crippen molar-refractivity contribution in [2.75, 3.05) is 6.54 Å². The molecule has 1 saturated carbocycles. The number of nitrogens with one attached hydrogen (secondary N) is 1. The van der Waals surface area contributed by atoms with Crippen molar-refractivity contribution in [1.29, 1.82) is 5.26 Å². The molecule has 0 aromatic heterocycles. The molecule has 0 saturated heterocycles. The molecule has 0 aromatic carbocycles. The predicted octanol–water partition coefficient (Wildman–Crippen LogP) is 0.895. The van der Waals surface area contributed by atoms with E-state index in [2.05, 4.69) is 5.32 Å². The zero-order valence-electron chi connectivity index (χ0n) is 7.64. The maximum absolute atomic E-state index is 12.1. The molecule has 1 atom stereocenters. The van der Waals surface area contributed by atoms with Crippen molar-refractivity contribution in [3.63, 3.8) is 0 Å². The van der Waals surface area contributed by atoms with Crippen LogP contribution in [0.3, 0.4) is 0 Å². The van der Waals surface area contributed by atoms with Crippen LogP contribution >= 0.6 is 0 Å². The summed E-state index contributed by atoms with van der Waals surface area (Å²) < 4.78 is 36.3. The second kappa shape index (κ2) is 3.70. The summed E-state index contributed by atoms with van der Waals surface area (Å²) in [7, 11) is 0. The van der Waals surface area contributed by atoms with Crippen molar-refractivity contribution in [2.45, 2.75) is 24.6 Å². The molecule has 0 aromatic rings. The Labute approximate surface area is 83.7 Å². The van der Waals surface area contributed by atoms with Crippen molar-refractivity contribution in [2.24, 2.45) is 5.92 Å². The maximum atomic E-state index is 12.1. The normalized spacial score (nSPS) is 20.4. The minimum absolute atomic E-state index is 0.304. The zero-order chi connectivity index (χ0) is 11.7. The molecule has 1 fully saturated rings. The highest BCUT2D eigenvalue weighted by molar-refractivity contribution is 5.82. The molecule has 0 aliphatic heterocycles. The molecule has 0 amide bonds. The molecule has 0 radical (unpaired) electrons. The molecular weight excluding hydrogens is 213 g/mol. The second-order valence-corrected chi connectivity index (χ2v) is 3.49. The number of hydrogen-bond donors (Lipinski definition) is 2. The Morgan fingerprint density at radius 1 is 1.60 bits per heavy atom. The maximum Gasteiger partial charge on any atom is 0.405 e. The summed E-state index contributed by atoms with van der Waals surface area (Å²) >= 11 is 0. The number of carbonyl (C=O) groups is 1. The third-order valence-corrected chi connectivity index (χ3v) is 2.35. The van der Waals surface area contributed by atoms with Crippen LogP contribution in [0.15, 0.2) is 0 Å². The number of aliphatic carboxylic acids is 1. The lowest BCUT2D eigenvalue weighted by molar-refractivity contribution is -0.159. The number of carboxylic acid groups (broad SMARTS) is 1. The van der Waals surface area contributed by atoms with Gasteiger partial charge in [-0.25, -0.2) is 0 Å². The Bertz CT molecular complexity index is 304. The summed E-state index contributed by atoms with van der Waals surface area (Å²) in [6, 6.07) is 1.10. The van der Waals surface area contributed by atoms with Crippen LogP contribution in [-0.2, 0) is 4.79 Å². The molecule has 2 N–H and O–H groups in total. The molecule has 1 unspecified atom stereocenters. The van der Waals surface area contributed by atoms with Gasteiger partial charge in [0.1, 0.15) is 5.54 Å². The van der Waals surface area contributed by atoms with Gasteiger partial charge in [0.2, 0.25) is 0 Å². The van der Waals surface area contributed by atoms with Gasteiger partial charge < -0.3 is 10.4 Å². The van der Waals surface area contributed by atoms with Gasteiger partial charge in [-0.05, 0) is 12.8 Å². The Balaban J connectivity index is 2.50. The average Bonchev–Trinajstić information content (AvgIpc) is 2.83. The van der Waals surface area contributed by atoms with E-state index < -0.39 is 30.1 Å². The Morgan fingerprint density at radius 2 is 2.13 bits per heavy atom. The van der Waals surface area contributed by atoms with Crippen LogP contribution < -0.4 is 5.32 Å². The van der Waals surface area contributed by atoms with E-state index in [0.29, 0.717) is 12.8 Å². The predicted molar refractivity (Wildman–Crippen MR) is 42.8 cm³/mol. The highest BCUT2D eigenvalue weighted by Crippen LogP contribution is 2.36. The number of hydrogen-bond acceptors (Lipinski definition) is 3. The van der Waals surface area contributed by atoms with Crippen LogP contribution in [-0.4, -0.2) is 29.3 Å². The second-order valence-electron chi connectivity index (χ2n) is 3.49. The van der Waals surface area contributed by atoms with Gasteiger partial charge in [0.05, 0.1) is 6.07 Å². The molecule has 1 rings (SSSR count).